The first-order valence-corrected chi connectivity index (χ1v) is 7.46. The van der Waals surface area contributed by atoms with E-state index in [1.54, 1.807) is 0 Å². The van der Waals surface area contributed by atoms with Gasteiger partial charge in [0.15, 0.2) is 0 Å². The van der Waals surface area contributed by atoms with Gasteiger partial charge in [-0.1, -0.05) is 6.07 Å². The van der Waals surface area contributed by atoms with Gasteiger partial charge in [0.2, 0.25) is 0 Å². The number of hydrogen-bond donors (Lipinski definition) is 1. The predicted molar refractivity (Wildman–Crippen MR) is 74.7 cm³/mol. The fraction of sp³-hybridized carbons (Fsp3) is 0.500. The van der Waals surface area contributed by atoms with E-state index in [2.05, 4.69) is 0 Å². The normalized spacial score (nSPS) is 24.7. The van der Waals surface area contributed by atoms with E-state index in [-0.39, 0.29) is 18.0 Å². The summed E-state index contributed by atoms with van der Waals surface area (Å²) in [5.41, 5.74) is -0.934. The van der Waals surface area contributed by atoms with Gasteiger partial charge >= 0.3 is 12.1 Å². The lowest BCUT2D eigenvalue weighted by Gasteiger charge is -2.17. The Bertz CT molecular complexity index is 640. The Morgan fingerprint density at radius 2 is 1.87 bits per heavy atom. The van der Waals surface area contributed by atoms with Crippen LogP contribution in [0.4, 0.5) is 13.2 Å². The van der Waals surface area contributed by atoms with Crippen LogP contribution in [0, 0.1) is 17.8 Å². The lowest BCUT2D eigenvalue weighted by Crippen LogP contribution is -2.30. The molecule has 0 aromatic heterocycles. The third-order valence-electron chi connectivity index (χ3n) is 4.63. The van der Waals surface area contributed by atoms with E-state index in [0.717, 1.165) is 25.0 Å². The molecule has 2 atom stereocenters. The maximum Gasteiger partial charge on any atom is 0.416 e. The Kier molecular flexibility index (Phi) is 3.82. The number of rotatable bonds is 3. The van der Waals surface area contributed by atoms with Crippen LogP contribution in [-0.4, -0.2) is 35.0 Å². The van der Waals surface area contributed by atoms with Crippen LogP contribution in [0.3, 0.4) is 0 Å². The van der Waals surface area contributed by atoms with Gasteiger partial charge in [-0.3, -0.25) is 9.59 Å². The van der Waals surface area contributed by atoms with Gasteiger partial charge < -0.3 is 10.0 Å². The van der Waals surface area contributed by atoms with Gasteiger partial charge in [0.05, 0.1) is 11.5 Å². The highest BCUT2D eigenvalue weighted by Crippen LogP contribution is 2.44. The van der Waals surface area contributed by atoms with Crippen LogP contribution >= 0.6 is 0 Å². The van der Waals surface area contributed by atoms with E-state index in [0.29, 0.717) is 12.5 Å². The van der Waals surface area contributed by atoms with E-state index in [4.69, 9.17) is 0 Å². The van der Waals surface area contributed by atoms with Crippen molar-refractivity contribution in [2.24, 2.45) is 17.8 Å². The van der Waals surface area contributed by atoms with Gasteiger partial charge in [0.1, 0.15) is 0 Å². The summed E-state index contributed by atoms with van der Waals surface area (Å²) in [6.07, 6.45) is -2.60. The van der Waals surface area contributed by atoms with Crippen LogP contribution in [0.15, 0.2) is 24.3 Å². The molecule has 1 saturated carbocycles. The van der Waals surface area contributed by atoms with Crippen molar-refractivity contribution in [3.63, 3.8) is 0 Å². The molecular formula is C16H16F3NO3. The Morgan fingerprint density at radius 3 is 2.43 bits per heavy atom. The maximum atomic E-state index is 12.7. The Labute approximate surface area is 130 Å². The van der Waals surface area contributed by atoms with E-state index in [9.17, 15) is 27.9 Å². The Hall–Kier alpha value is -2.05. The van der Waals surface area contributed by atoms with Gasteiger partial charge in [-0.15, -0.1) is 0 Å². The topological polar surface area (TPSA) is 57.6 Å². The summed E-state index contributed by atoms with van der Waals surface area (Å²) in [7, 11) is 0. The van der Waals surface area contributed by atoms with Crippen molar-refractivity contribution in [2.45, 2.75) is 19.0 Å². The molecule has 23 heavy (non-hydrogen) atoms. The molecule has 1 N–H and O–H groups in total. The lowest BCUT2D eigenvalue weighted by molar-refractivity contribution is -0.142. The van der Waals surface area contributed by atoms with Crippen molar-refractivity contribution < 1.29 is 27.9 Å². The molecule has 0 spiro atoms. The number of carbonyl (C=O) groups is 2. The molecule has 0 radical (unpaired) electrons. The monoisotopic (exact) mass is 327 g/mol. The highest BCUT2D eigenvalue weighted by molar-refractivity contribution is 5.95. The summed E-state index contributed by atoms with van der Waals surface area (Å²) >= 11 is 0. The molecule has 1 aromatic rings. The molecule has 1 heterocycles. The molecule has 0 unspecified atom stereocenters. The van der Waals surface area contributed by atoms with Gasteiger partial charge in [-0.2, -0.15) is 13.2 Å². The second kappa shape index (κ2) is 5.54. The largest absolute Gasteiger partial charge is 0.481 e. The molecule has 2 aliphatic rings. The van der Waals surface area contributed by atoms with Crippen LogP contribution in [-0.2, 0) is 11.0 Å². The van der Waals surface area contributed by atoms with Crippen molar-refractivity contribution in [1.29, 1.82) is 0 Å². The van der Waals surface area contributed by atoms with E-state index in [1.165, 1.54) is 17.0 Å². The third kappa shape index (κ3) is 3.18. The summed E-state index contributed by atoms with van der Waals surface area (Å²) in [4.78, 5) is 25.2. The number of hydrogen-bond acceptors (Lipinski definition) is 2. The SMILES string of the molecule is O=C(O)[C@H]1CN(C(=O)c2cccc(C(F)(F)F)c2)C[C@@H]1C1CC1. The molecule has 2 fully saturated rings. The first kappa shape index (κ1) is 15.8. The standard InChI is InChI=1S/C16H16F3NO3/c17-16(18,19)11-3-1-2-10(6-11)14(21)20-7-12(9-4-5-9)13(8-20)15(22)23/h1-3,6,9,12-13H,4-5,7-8H2,(H,22,23)/t12-,13+/m1/s1. The van der Waals surface area contributed by atoms with Crippen LogP contribution in [0.25, 0.3) is 0 Å². The number of nitrogens with zero attached hydrogens (tertiary/aromatic N) is 1. The first-order valence-electron chi connectivity index (χ1n) is 7.46. The first-order chi connectivity index (χ1) is 10.8. The van der Waals surface area contributed by atoms with Crippen LogP contribution in [0.2, 0.25) is 0 Å². The fourth-order valence-corrected chi connectivity index (χ4v) is 3.27. The number of carboxylic acids is 1. The van der Waals surface area contributed by atoms with E-state index in [1.807, 2.05) is 0 Å². The van der Waals surface area contributed by atoms with E-state index < -0.39 is 29.5 Å². The van der Waals surface area contributed by atoms with Crippen LogP contribution in [0.1, 0.15) is 28.8 Å². The number of alkyl halides is 3. The molecule has 1 aromatic carbocycles. The molecule has 1 aliphatic heterocycles. The zero-order chi connectivity index (χ0) is 16.8. The Morgan fingerprint density at radius 1 is 1.17 bits per heavy atom. The minimum Gasteiger partial charge on any atom is -0.481 e. The van der Waals surface area contributed by atoms with Gasteiger partial charge in [-0.25, -0.2) is 0 Å². The lowest BCUT2D eigenvalue weighted by atomic mass is 9.92. The average molecular weight is 327 g/mol. The molecule has 1 saturated heterocycles. The highest BCUT2D eigenvalue weighted by atomic mass is 19.4. The summed E-state index contributed by atoms with van der Waals surface area (Å²) in [6.45, 7) is 0.363. The van der Waals surface area contributed by atoms with Crippen LogP contribution in [0.5, 0.6) is 0 Å². The van der Waals surface area contributed by atoms with Crippen molar-refractivity contribution >= 4 is 11.9 Å². The van der Waals surface area contributed by atoms with Crippen molar-refractivity contribution in [2.75, 3.05) is 13.1 Å². The number of carbonyl (C=O) groups excluding carboxylic acids is 1. The summed E-state index contributed by atoms with van der Waals surface area (Å²) in [6, 6.07) is 4.26. The van der Waals surface area contributed by atoms with Gasteiger partial charge in [-0.05, 0) is 42.9 Å². The minimum atomic E-state index is -4.51. The molecule has 3 rings (SSSR count). The molecule has 1 amide bonds. The summed E-state index contributed by atoms with van der Waals surface area (Å²) in [5.74, 6) is -1.89. The van der Waals surface area contributed by atoms with Crippen molar-refractivity contribution in [1.82, 2.24) is 4.90 Å². The number of halogens is 3. The smallest absolute Gasteiger partial charge is 0.416 e. The van der Waals surface area contributed by atoms with Crippen LogP contribution < -0.4 is 0 Å². The molecular weight excluding hydrogens is 311 g/mol. The maximum absolute atomic E-state index is 12.7. The Balaban J connectivity index is 1.80. The van der Waals surface area contributed by atoms with E-state index >= 15 is 0 Å². The number of amides is 1. The molecule has 124 valence electrons. The molecule has 0 bridgehead atoms. The number of carboxylic acid groups (broad SMARTS) is 1. The third-order valence-corrected chi connectivity index (χ3v) is 4.63. The number of benzene rings is 1. The molecule has 7 heteroatoms. The van der Waals surface area contributed by atoms with Gasteiger partial charge in [0.25, 0.3) is 5.91 Å². The predicted octanol–water partition coefficient (Wildman–Crippen LogP) is 2.89. The summed E-state index contributed by atoms with van der Waals surface area (Å²) in [5, 5.41) is 9.29. The zero-order valence-electron chi connectivity index (χ0n) is 12.2. The number of aliphatic carboxylic acids is 1. The second-order valence-corrected chi connectivity index (χ2v) is 6.23. The van der Waals surface area contributed by atoms with Gasteiger partial charge in [0, 0.05) is 18.7 Å². The number of likely N-dealkylation sites (tertiary alicyclic amines) is 1. The minimum absolute atomic E-state index is 0.0552. The quantitative estimate of drug-likeness (QED) is 0.929. The summed E-state index contributed by atoms with van der Waals surface area (Å²) < 4.78 is 38.2. The average Bonchev–Trinajstić information content (AvgIpc) is 3.24. The molecule has 1 aliphatic carbocycles. The second-order valence-electron chi connectivity index (χ2n) is 6.23. The fourth-order valence-electron chi connectivity index (χ4n) is 3.27. The van der Waals surface area contributed by atoms with Crippen molar-refractivity contribution in [3.05, 3.63) is 35.4 Å². The molecule has 4 nitrogen and oxygen atoms in total. The highest BCUT2D eigenvalue weighted by Gasteiger charge is 2.47. The van der Waals surface area contributed by atoms with Crippen molar-refractivity contribution in [3.8, 4) is 0 Å². The zero-order valence-corrected chi connectivity index (χ0v) is 12.2.